The van der Waals surface area contributed by atoms with Crippen LogP contribution in [0.2, 0.25) is 0 Å². The second-order valence-corrected chi connectivity index (χ2v) is 6.53. The van der Waals surface area contributed by atoms with Crippen molar-refractivity contribution in [3.63, 3.8) is 0 Å². The van der Waals surface area contributed by atoms with Gasteiger partial charge in [-0.25, -0.2) is 0 Å². The van der Waals surface area contributed by atoms with E-state index in [0.29, 0.717) is 12.0 Å². The Morgan fingerprint density at radius 1 is 1.29 bits per heavy atom. The summed E-state index contributed by atoms with van der Waals surface area (Å²) in [6.45, 7) is 13.1. The SMILES string of the molecule is CC(C)CN(C1CC1)C(C)C(=O)OC(C)(C)C. The van der Waals surface area contributed by atoms with Gasteiger partial charge in [0.2, 0.25) is 0 Å². The van der Waals surface area contributed by atoms with E-state index >= 15 is 0 Å². The van der Waals surface area contributed by atoms with Crippen LogP contribution in [0.15, 0.2) is 0 Å². The molecule has 0 spiro atoms. The highest BCUT2D eigenvalue weighted by molar-refractivity contribution is 5.75. The summed E-state index contributed by atoms with van der Waals surface area (Å²) in [6, 6.07) is 0.476. The first-order chi connectivity index (χ1) is 7.70. The molecule has 0 amide bonds. The lowest BCUT2D eigenvalue weighted by atomic mass is 10.1. The van der Waals surface area contributed by atoms with E-state index in [4.69, 9.17) is 4.74 Å². The van der Waals surface area contributed by atoms with E-state index in [1.807, 2.05) is 27.7 Å². The van der Waals surface area contributed by atoms with Gasteiger partial charge in [0.1, 0.15) is 11.6 Å². The van der Waals surface area contributed by atoms with Gasteiger partial charge in [-0.15, -0.1) is 0 Å². The lowest BCUT2D eigenvalue weighted by Gasteiger charge is -2.31. The van der Waals surface area contributed by atoms with Gasteiger partial charge in [-0.2, -0.15) is 0 Å². The molecule has 0 bridgehead atoms. The van der Waals surface area contributed by atoms with Crippen molar-refractivity contribution in [1.82, 2.24) is 4.90 Å². The number of esters is 1. The summed E-state index contributed by atoms with van der Waals surface area (Å²) in [4.78, 5) is 14.4. The predicted molar refractivity (Wildman–Crippen MR) is 69.9 cm³/mol. The molecule has 3 heteroatoms. The molecule has 1 rings (SSSR count). The molecule has 3 nitrogen and oxygen atoms in total. The largest absolute Gasteiger partial charge is 0.459 e. The van der Waals surface area contributed by atoms with Crippen molar-refractivity contribution < 1.29 is 9.53 Å². The minimum atomic E-state index is -0.390. The van der Waals surface area contributed by atoms with Crippen molar-refractivity contribution in [3.05, 3.63) is 0 Å². The highest BCUT2D eigenvalue weighted by Gasteiger charge is 2.36. The molecule has 0 aliphatic heterocycles. The topological polar surface area (TPSA) is 29.5 Å². The molecule has 0 radical (unpaired) electrons. The van der Waals surface area contributed by atoms with Gasteiger partial charge >= 0.3 is 5.97 Å². The second kappa shape index (κ2) is 5.38. The summed E-state index contributed by atoms with van der Waals surface area (Å²) in [5.41, 5.74) is -0.390. The van der Waals surface area contributed by atoms with Crippen molar-refractivity contribution >= 4 is 5.97 Å². The first-order valence-electron chi connectivity index (χ1n) is 6.69. The molecule has 0 aromatic carbocycles. The number of hydrogen-bond acceptors (Lipinski definition) is 3. The first-order valence-corrected chi connectivity index (χ1v) is 6.69. The maximum Gasteiger partial charge on any atom is 0.323 e. The molecular weight excluding hydrogens is 214 g/mol. The van der Waals surface area contributed by atoms with Crippen molar-refractivity contribution in [3.8, 4) is 0 Å². The zero-order valence-electron chi connectivity index (χ0n) is 12.1. The van der Waals surface area contributed by atoms with E-state index in [1.54, 1.807) is 0 Å². The smallest absolute Gasteiger partial charge is 0.323 e. The van der Waals surface area contributed by atoms with Crippen LogP contribution in [0, 0.1) is 5.92 Å². The summed E-state index contributed by atoms with van der Waals surface area (Å²) in [5.74, 6) is 0.491. The predicted octanol–water partition coefficient (Wildman–Crippen LogP) is 2.84. The molecule has 0 N–H and O–H groups in total. The lowest BCUT2D eigenvalue weighted by Crippen LogP contribution is -2.45. The summed E-state index contributed by atoms with van der Waals surface area (Å²) < 4.78 is 5.46. The molecule has 1 unspecified atom stereocenters. The van der Waals surface area contributed by atoms with Crippen molar-refractivity contribution in [2.45, 2.75) is 72.1 Å². The van der Waals surface area contributed by atoms with Crippen LogP contribution in [0.25, 0.3) is 0 Å². The molecule has 0 aromatic heterocycles. The zero-order chi connectivity index (χ0) is 13.2. The number of ether oxygens (including phenoxy) is 1. The first kappa shape index (κ1) is 14.5. The Bertz CT molecular complexity index is 264. The molecule has 1 saturated carbocycles. The number of hydrogen-bond donors (Lipinski definition) is 0. The van der Waals surface area contributed by atoms with Crippen LogP contribution in [0.4, 0.5) is 0 Å². The standard InChI is InChI=1S/C14H27NO2/c1-10(2)9-15(12-7-8-12)11(3)13(16)17-14(4,5)6/h10-12H,7-9H2,1-6H3. The van der Waals surface area contributed by atoms with Crippen molar-refractivity contribution in [2.24, 2.45) is 5.92 Å². The average molecular weight is 241 g/mol. The van der Waals surface area contributed by atoms with E-state index in [2.05, 4.69) is 18.7 Å². The highest BCUT2D eigenvalue weighted by atomic mass is 16.6. The summed E-state index contributed by atoms with van der Waals surface area (Å²) in [7, 11) is 0. The number of carbonyl (C=O) groups excluding carboxylic acids is 1. The number of nitrogens with zero attached hydrogens (tertiary/aromatic N) is 1. The van der Waals surface area contributed by atoms with Gasteiger partial charge in [0, 0.05) is 12.6 Å². The molecular formula is C14H27NO2. The quantitative estimate of drug-likeness (QED) is 0.693. The molecule has 1 atom stereocenters. The fourth-order valence-electron chi connectivity index (χ4n) is 1.97. The molecule has 0 aromatic rings. The average Bonchev–Trinajstić information content (AvgIpc) is 2.93. The van der Waals surface area contributed by atoms with Crippen LogP contribution in [0.5, 0.6) is 0 Å². The fraction of sp³-hybridized carbons (Fsp3) is 0.929. The Balaban J connectivity index is 2.57. The molecule has 0 saturated heterocycles. The van der Waals surface area contributed by atoms with E-state index in [9.17, 15) is 4.79 Å². The third-order valence-corrected chi connectivity index (χ3v) is 2.84. The van der Waals surface area contributed by atoms with Gasteiger partial charge in [-0.1, -0.05) is 13.8 Å². The van der Waals surface area contributed by atoms with Gasteiger partial charge < -0.3 is 4.74 Å². The summed E-state index contributed by atoms with van der Waals surface area (Å²) in [6.07, 6.45) is 2.44. The van der Waals surface area contributed by atoms with Crippen LogP contribution in [0.3, 0.4) is 0 Å². The van der Waals surface area contributed by atoms with Crippen LogP contribution in [0.1, 0.15) is 54.4 Å². The summed E-state index contributed by atoms with van der Waals surface area (Å²) >= 11 is 0. The van der Waals surface area contributed by atoms with Gasteiger partial charge in [0.05, 0.1) is 0 Å². The maximum atomic E-state index is 12.0. The Labute approximate surface area is 106 Å². The molecule has 17 heavy (non-hydrogen) atoms. The van der Waals surface area contributed by atoms with Gasteiger partial charge in [-0.05, 0) is 46.5 Å². The normalized spacial score (nSPS) is 18.6. The van der Waals surface area contributed by atoms with Gasteiger partial charge in [0.15, 0.2) is 0 Å². The molecule has 100 valence electrons. The van der Waals surface area contributed by atoms with Gasteiger partial charge in [0.25, 0.3) is 0 Å². The maximum absolute atomic E-state index is 12.0. The van der Waals surface area contributed by atoms with Crippen LogP contribution in [-0.4, -0.2) is 35.1 Å². The summed E-state index contributed by atoms with van der Waals surface area (Å²) in [5, 5.41) is 0. The molecule has 1 aliphatic rings. The Kier molecular flexibility index (Phi) is 4.59. The Morgan fingerprint density at radius 2 is 1.82 bits per heavy atom. The molecule has 1 fully saturated rings. The third kappa shape index (κ3) is 5.07. The molecule has 0 heterocycles. The van der Waals surface area contributed by atoms with Crippen molar-refractivity contribution in [1.29, 1.82) is 0 Å². The van der Waals surface area contributed by atoms with Crippen LogP contribution < -0.4 is 0 Å². The minimum Gasteiger partial charge on any atom is -0.459 e. The monoisotopic (exact) mass is 241 g/mol. The highest BCUT2D eigenvalue weighted by Crippen LogP contribution is 2.30. The van der Waals surface area contributed by atoms with Gasteiger partial charge in [-0.3, -0.25) is 9.69 Å². The lowest BCUT2D eigenvalue weighted by molar-refractivity contribution is -0.161. The minimum absolute atomic E-state index is 0.0925. The van der Waals surface area contributed by atoms with E-state index in [0.717, 1.165) is 6.54 Å². The zero-order valence-corrected chi connectivity index (χ0v) is 12.1. The van der Waals surface area contributed by atoms with Crippen LogP contribution in [-0.2, 0) is 9.53 Å². The second-order valence-electron chi connectivity index (χ2n) is 6.53. The van der Waals surface area contributed by atoms with E-state index in [-0.39, 0.29) is 12.0 Å². The third-order valence-electron chi connectivity index (χ3n) is 2.84. The van der Waals surface area contributed by atoms with E-state index < -0.39 is 5.60 Å². The molecule has 1 aliphatic carbocycles. The fourth-order valence-corrected chi connectivity index (χ4v) is 1.97. The van der Waals surface area contributed by atoms with Crippen LogP contribution >= 0.6 is 0 Å². The number of rotatable bonds is 5. The Morgan fingerprint density at radius 3 is 2.18 bits per heavy atom. The van der Waals surface area contributed by atoms with E-state index in [1.165, 1.54) is 12.8 Å². The van der Waals surface area contributed by atoms with Crippen molar-refractivity contribution in [2.75, 3.05) is 6.54 Å². The number of carbonyl (C=O) groups is 1. The Hall–Kier alpha value is -0.570.